The number of nitrogens with one attached hydrogen (secondary N) is 2. The molecule has 0 atom stereocenters. The summed E-state index contributed by atoms with van der Waals surface area (Å²) in [5, 5.41) is 5.92. The SMILES string of the molecule is C=CCNC(=O)c1ccnc(Nc2ccccc2N2CCOCC2)n1. The van der Waals surface area contributed by atoms with Gasteiger partial charge in [0.05, 0.1) is 24.6 Å². The smallest absolute Gasteiger partial charge is 0.270 e. The fourth-order valence-electron chi connectivity index (χ4n) is 2.58. The van der Waals surface area contributed by atoms with Crippen LogP contribution in [0.15, 0.2) is 49.2 Å². The first kappa shape index (κ1) is 16.9. The van der Waals surface area contributed by atoms with Gasteiger partial charge in [0, 0.05) is 25.8 Å². The number of ether oxygens (including phenoxy) is 1. The highest BCUT2D eigenvalue weighted by Gasteiger charge is 2.15. The summed E-state index contributed by atoms with van der Waals surface area (Å²) in [6.07, 6.45) is 3.19. The molecule has 0 aliphatic carbocycles. The minimum absolute atomic E-state index is 0.258. The molecule has 1 aliphatic rings. The second kappa shape index (κ2) is 8.25. The summed E-state index contributed by atoms with van der Waals surface area (Å²) in [4.78, 5) is 22.8. The minimum atomic E-state index is -0.258. The monoisotopic (exact) mass is 339 g/mol. The molecule has 0 radical (unpaired) electrons. The number of amides is 1. The van der Waals surface area contributed by atoms with Gasteiger partial charge in [0.1, 0.15) is 5.69 Å². The van der Waals surface area contributed by atoms with Gasteiger partial charge >= 0.3 is 0 Å². The summed E-state index contributed by atoms with van der Waals surface area (Å²) >= 11 is 0. The van der Waals surface area contributed by atoms with Gasteiger partial charge in [-0.05, 0) is 18.2 Å². The molecule has 1 fully saturated rings. The Hall–Kier alpha value is -2.93. The van der Waals surface area contributed by atoms with Crippen LogP contribution in [0, 0.1) is 0 Å². The molecule has 1 aliphatic heterocycles. The predicted molar refractivity (Wildman–Crippen MR) is 97.3 cm³/mol. The van der Waals surface area contributed by atoms with Gasteiger partial charge in [-0.25, -0.2) is 9.97 Å². The summed E-state index contributed by atoms with van der Waals surface area (Å²) < 4.78 is 5.42. The van der Waals surface area contributed by atoms with Crippen molar-refractivity contribution in [1.29, 1.82) is 0 Å². The van der Waals surface area contributed by atoms with Crippen LogP contribution >= 0.6 is 0 Å². The predicted octanol–water partition coefficient (Wildman–Crippen LogP) is 1.97. The van der Waals surface area contributed by atoms with Crippen LogP contribution in [0.25, 0.3) is 0 Å². The summed E-state index contributed by atoms with van der Waals surface area (Å²) in [5.41, 5.74) is 2.27. The average Bonchev–Trinajstić information content (AvgIpc) is 2.67. The number of carbonyl (C=O) groups is 1. The van der Waals surface area contributed by atoms with Crippen molar-refractivity contribution in [3.63, 3.8) is 0 Å². The lowest BCUT2D eigenvalue weighted by atomic mass is 10.2. The normalized spacial score (nSPS) is 14.0. The lowest BCUT2D eigenvalue weighted by Crippen LogP contribution is -2.36. The Morgan fingerprint density at radius 2 is 2.08 bits per heavy atom. The standard InChI is InChI=1S/C18H21N5O2/c1-2-8-19-17(24)15-7-9-20-18(22-15)21-14-5-3-4-6-16(14)23-10-12-25-13-11-23/h2-7,9H,1,8,10-13H2,(H,19,24)(H,20,21,22). The Balaban J connectivity index is 1.78. The largest absolute Gasteiger partial charge is 0.378 e. The quantitative estimate of drug-likeness (QED) is 0.784. The Labute approximate surface area is 146 Å². The zero-order chi connectivity index (χ0) is 17.5. The van der Waals surface area contributed by atoms with Crippen LogP contribution in [0.2, 0.25) is 0 Å². The van der Waals surface area contributed by atoms with Crippen molar-refractivity contribution in [2.75, 3.05) is 43.1 Å². The first-order valence-electron chi connectivity index (χ1n) is 8.19. The van der Waals surface area contributed by atoms with Crippen molar-refractivity contribution in [2.24, 2.45) is 0 Å². The molecule has 130 valence electrons. The van der Waals surface area contributed by atoms with Gasteiger partial charge in [0.25, 0.3) is 5.91 Å². The molecule has 25 heavy (non-hydrogen) atoms. The van der Waals surface area contributed by atoms with Crippen LogP contribution < -0.4 is 15.5 Å². The average molecular weight is 339 g/mol. The van der Waals surface area contributed by atoms with Gasteiger partial charge in [-0.2, -0.15) is 0 Å². The highest BCUT2D eigenvalue weighted by molar-refractivity contribution is 5.92. The van der Waals surface area contributed by atoms with Crippen LogP contribution in [-0.4, -0.2) is 48.7 Å². The van der Waals surface area contributed by atoms with Crippen molar-refractivity contribution >= 4 is 23.2 Å². The Morgan fingerprint density at radius 3 is 2.88 bits per heavy atom. The molecule has 0 spiro atoms. The molecule has 1 aromatic carbocycles. The summed E-state index contributed by atoms with van der Waals surface area (Å²) in [6.45, 7) is 7.07. The molecule has 1 aromatic heterocycles. The molecule has 0 saturated carbocycles. The molecule has 7 heteroatoms. The van der Waals surface area contributed by atoms with E-state index in [1.807, 2.05) is 24.3 Å². The van der Waals surface area contributed by atoms with E-state index in [0.29, 0.717) is 31.4 Å². The van der Waals surface area contributed by atoms with E-state index in [9.17, 15) is 4.79 Å². The second-order valence-electron chi connectivity index (χ2n) is 5.51. The van der Waals surface area contributed by atoms with Crippen molar-refractivity contribution in [3.8, 4) is 0 Å². The zero-order valence-corrected chi connectivity index (χ0v) is 13.9. The summed E-state index contributed by atoms with van der Waals surface area (Å²) in [5.74, 6) is 0.124. The highest BCUT2D eigenvalue weighted by atomic mass is 16.5. The number of hydrogen-bond acceptors (Lipinski definition) is 6. The second-order valence-corrected chi connectivity index (χ2v) is 5.51. The molecule has 7 nitrogen and oxygen atoms in total. The first-order chi connectivity index (χ1) is 12.3. The minimum Gasteiger partial charge on any atom is -0.378 e. The van der Waals surface area contributed by atoms with Crippen LogP contribution in [0.4, 0.5) is 17.3 Å². The summed E-state index contributed by atoms with van der Waals surface area (Å²) in [7, 11) is 0. The van der Waals surface area contributed by atoms with Gasteiger partial charge in [0.15, 0.2) is 0 Å². The number of rotatable bonds is 6. The molecule has 2 heterocycles. The van der Waals surface area contributed by atoms with Gasteiger partial charge in [-0.1, -0.05) is 18.2 Å². The van der Waals surface area contributed by atoms with E-state index < -0.39 is 0 Å². The maximum atomic E-state index is 12.0. The third kappa shape index (κ3) is 4.33. The number of morpholine rings is 1. The van der Waals surface area contributed by atoms with E-state index >= 15 is 0 Å². The van der Waals surface area contributed by atoms with Gasteiger partial charge < -0.3 is 20.3 Å². The molecule has 0 unspecified atom stereocenters. The van der Waals surface area contributed by atoms with Crippen molar-refractivity contribution in [3.05, 3.63) is 54.9 Å². The van der Waals surface area contributed by atoms with E-state index in [1.54, 1.807) is 18.3 Å². The Bertz CT molecular complexity index is 744. The maximum Gasteiger partial charge on any atom is 0.270 e. The number of carbonyl (C=O) groups excluding carboxylic acids is 1. The topological polar surface area (TPSA) is 79.4 Å². The number of anilines is 3. The number of hydrogen-bond donors (Lipinski definition) is 2. The van der Waals surface area contributed by atoms with Gasteiger partial charge in [0.2, 0.25) is 5.95 Å². The van der Waals surface area contributed by atoms with Crippen molar-refractivity contribution in [1.82, 2.24) is 15.3 Å². The van der Waals surface area contributed by atoms with E-state index in [-0.39, 0.29) is 5.91 Å². The third-order valence-corrected chi connectivity index (χ3v) is 3.80. The lowest BCUT2D eigenvalue weighted by Gasteiger charge is -2.30. The van der Waals surface area contributed by atoms with Crippen molar-refractivity contribution in [2.45, 2.75) is 0 Å². The fourth-order valence-corrected chi connectivity index (χ4v) is 2.58. The summed E-state index contributed by atoms with van der Waals surface area (Å²) in [6, 6.07) is 9.55. The van der Waals surface area contributed by atoms with Crippen LogP contribution in [0.3, 0.4) is 0 Å². The number of para-hydroxylation sites is 2. The van der Waals surface area contributed by atoms with E-state index in [2.05, 4.69) is 32.1 Å². The zero-order valence-electron chi connectivity index (χ0n) is 13.9. The van der Waals surface area contributed by atoms with Crippen LogP contribution in [-0.2, 0) is 4.74 Å². The molecular weight excluding hydrogens is 318 g/mol. The molecule has 1 saturated heterocycles. The molecule has 0 bridgehead atoms. The number of benzene rings is 1. The lowest BCUT2D eigenvalue weighted by molar-refractivity contribution is 0.0953. The van der Waals surface area contributed by atoms with E-state index in [4.69, 9.17) is 4.74 Å². The van der Waals surface area contributed by atoms with Crippen LogP contribution in [0.1, 0.15) is 10.5 Å². The number of nitrogens with zero attached hydrogens (tertiary/aromatic N) is 3. The van der Waals surface area contributed by atoms with Crippen LogP contribution in [0.5, 0.6) is 0 Å². The van der Waals surface area contributed by atoms with E-state index in [1.165, 1.54) is 0 Å². The Kier molecular flexibility index (Phi) is 5.58. The first-order valence-corrected chi connectivity index (χ1v) is 8.19. The Morgan fingerprint density at radius 1 is 1.28 bits per heavy atom. The highest BCUT2D eigenvalue weighted by Crippen LogP contribution is 2.28. The van der Waals surface area contributed by atoms with Crippen molar-refractivity contribution < 1.29 is 9.53 Å². The third-order valence-electron chi connectivity index (χ3n) is 3.80. The van der Waals surface area contributed by atoms with Gasteiger partial charge in [-0.3, -0.25) is 4.79 Å². The number of aromatic nitrogens is 2. The van der Waals surface area contributed by atoms with E-state index in [0.717, 1.165) is 24.5 Å². The molecule has 2 aromatic rings. The molecule has 3 rings (SSSR count). The molecule has 1 amide bonds. The molecular formula is C18H21N5O2. The van der Waals surface area contributed by atoms with Gasteiger partial charge in [-0.15, -0.1) is 6.58 Å². The molecule has 2 N–H and O–H groups in total. The fraction of sp³-hybridized carbons (Fsp3) is 0.278. The maximum absolute atomic E-state index is 12.0.